The molecule has 0 saturated heterocycles. The van der Waals surface area contributed by atoms with Crippen LogP contribution in [0.2, 0.25) is 0 Å². The van der Waals surface area contributed by atoms with Gasteiger partial charge in [-0.25, -0.2) is 0 Å². The molecule has 1 aromatic rings. The van der Waals surface area contributed by atoms with E-state index in [2.05, 4.69) is 30.0 Å². The molecule has 1 heterocycles. The zero-order valence-corrected chi connectivity index (χ0v) is 10.4. The van der Waals surface area contributed by atoms with Crippen molar-refractivity contribution in [2.24, 2.45) is 0 Å². The average molecular weight is 244 g/mol. The van der Waals surface area contributed by atoms with Gasteiger partial charge in [-0.05, 0) is 30.5 Å². The van der Waals surface area contributed by atoms with Crippen molar-refractivity contribution in [2.45, 2.75) is 19.4 Å². The molecule has 2 rings (SSSR count). The van der Waals surface area contributed by atoms with Crippen LogP contribution in [0.4, 0.5) is 5.69 Å². The number of benzene rings is 1. The van der Waals surface area contributed by atoms with Crippen LogP contribution in [0.3, 0.4) is 0 Å². The summed E-state index contributed by atoms with van der Waals surface area (Å²) in [6.07, 6.45) is 1.06. The lowest BCUT2D eigenvalue weighted by Gasteiger charge is -2.25. The van der Waals surface area contributed by atoms with E-state index in [-0.39, 0.29) is 0 Å². The van der Waals surface area contributed by atoms with Crippen molar-refractivity contribution < 1.29 is 0 Å². The van der Waals surface area contributed by atoms with Crippen molar-refractivity contribution in [1.82, 2.24) is 0 Å². The molecule has 0 spiro atoms. The van der Waals surface area contributed by atoms with Crippen LogP contribution in [0.15, 0.2) is 18.2 Å². The van der Waals surface area contributed by atoms with Crippen molar-refractivity contribution in [2.75, 3.05) is 23.2 Å². The van der Waals surface area contributed by atoms with Crippen LogP contribution >= 0.6 is 23.2 Å². The predicted octanol–water partition coefficient (Wildman–Crippen LogP) is 3.20. The molecule has 0 N–H and O–H groups in total. The molecule has 0 amide bonds. The molecule has 0 bridgehead atoms. The maximum absolute atomic E-state index is 6.00. The van der Waals surface area contributed by atoms with E-state index in [1.54, 1.807) is 0 Å². The zero-order valence-electron chi connectivity index (χ0n) is 8.84. The Bertz CT molecular complexity index is 351. The Balaban J connectivity index is 2.35. The highest BCUT2D eigenvalue weighted by molar-refractivity contribution is 6.19. The molecule has 0 saturated carbocycles. The summed E-state index contributed by atoms with van der Waals surface area (Å²) in [7, 11) is 0. The molecular weight excluding hydrogens is 229 g/mol. The van der Waals surface area contributed by atoms with Gasteiger partial charge in [0.2, 0.25) is 0 Å². The third kappa shape index (κ3) is 1.95. The number of aryl methyl sites for hydroxylation is 1. The highest BCUT2D eigenvalue weighted by Gasteiger charge is 2.28. The number of alkyl halides is 2. The second-order valence-electron chi connectivity index (χ2n) is 3.97. The molecule has 0 aliphatic carbocycles. The molecule has 0 fully saturated rings. The minimum atomic E-state index is 0.418. The van der Waals surface area contributed by atoms with E-state index in [1.165, 1.54) is 16.8 Å². The summed E-state index contributed by atoms with van der Waals surface area (Å²) in [5.41, 5.74) is 4.12. The van der Waals surface area contributed by atoms with E-state index in [0.29, 0.717) is 17.8 Å². The molecule has 0 radical (unpaired) electrons. The Hall–Kier alpha value is -0.400. The Kier molecular flexibility index (Phi) is 3.42. The lowest BCUT2D eigenvalue weighted by Crippen LogP contribution is -2.34. The second kappa shape index (κ2) is 4.63. The number of hydrogen-bond donors (Lipinski definition) is 0. The van der Waals surface area contributed by atoms with E-state index >= 15 is 0 Å². The summed E-state index contributed by atoms with van der Waals surface area (Å²) < 4.78 is 0. The zero-order chi connectivity index (χ0) is 10.8. The van der Waals surface area contributed by atoms with Crippen LogP contribution in [-0.4, -0.2) is 24.3 Å². The topological polar surface area (TPSA) is 3.24 Å². The minimum Gasteiger partial charge on any atom is -0.366 e. The number of hydrogen-bond acceptors (Lipinski definition) is 1. The molecule has 0 aromatic heterocycles. The standard InChI is InChI=1S/C12H15Cl2N/c1-9-3-2-4-12-11(9)7-10(8-14)15(12)6-5-13/h2-4,10H,5-8H2,1H3. The molecule has 3 heteroatoms. The predicted molar refractivity (Wildman–Crippen MR) is 67.5 cm³/mol. The van der Waals surface area contributed by atoms with E-state index in [1.807, 2.05) is 0 Å². The lowest BCUT2D eigenvalue weighted by molar-refractivity contribution is 0.697. The summed E-state index contributed by atoms with van der Waals surface area (Å²) in [5, 5.41) is 0. The number of nitrogens with zero attached hydrogens (tertiary/aromatic N) is 1. The van der Waals surface area contributed by atoms with E-state index in [0.717, 1.165) is 13.0 Å². The van der Waals surface area contributed by atoms with Gasteiger partial charge in [-0.1, -0.05) is 12.1 Å². The summed E-state index contributed by atoms with van der Waals surface area (Å²) in [4.78, 5) is 2.34. The smallest absolute Gasteiger partial charge is 0.0467 e. The van der Waals surface area contributed by atoms with E-state index in [4.69, 9.17) is 23.2 Å². The first-order chi connectivity index (χ1) is 7.27. The van der Waals surface area contributed by atoms with Gasteiger partial charge in [0.1, 0.15) is 0 Å². The number of rotatable bonds is 3. The van der Waals surface area contributed by atoms with Crippen molar-refractivity contribution >= 4 is 28.9 Å². The Morgan fingerprint density at radius 3 is 2.87 bits per heavy atom. The summed E-state index contributed by atoms with van der Waals surface area (Å²) in [6.45, 7) is 3.05. The fourth-order valence-electron chi connectivity index (χ4n) is 2.30. The minimum absolute atomic E-state index is 0.418. The SMILES string of the molecule is Cc1cccc2c1CC(CCl)N2CCCl. The van der Waals surface area contributed by atoms with Crippen LogP contribution in [0, 0.1) is 6.92 Å². The Morgan fingerprint density at radius 1 is 1.40 bits per heavy atom. The number of fused-ring (bicyclic) bond motifs is 1. The van der Waals surface area contributed by atoms with Gasteiger partial charge < -0.3 is 4.90 Å². The van der Waals surface area contributed by atoms with Gasteiger partial charge in [0.25, 0.3) is 0 Å². The normalized spacial score (nSPS) is 19.4. The highest BCUT2D eigenvalue weighted by Crippen LogP contribution is 2.34. The van der Waals surface area contributed by atoms with Gasteiger partial charge in [-0.2, -0.15) is 0 Å². The largest absolute Gasteiger partial charge is 0.366 e. The average Bonchev–Trinajstić information content (AvgIpc) is 2.59. The second-order valence-corrected chi connectivity index (χ2v) is 4.65. The van der Waals surface area contributed by atoms with Gasteiger partial charge >= 0.3 is 0 Å². The molecule has 82 valence electrons. The van der Waals surface area contributed by atoms with Crippen molar-refractivity contribution in [1.29, 1.82) is 0 Å². The first-order valence-electron chi connectivity index (χ1n) is 5.25. The van der Waals surface area contributed by atoms with Gasteiger partial charge in [0, 0.05) is 30.0 Å². The Labute approximate surface area is 101 Å². The maximum atomic E-state index is 6.00. The molecule has 1 aliphatic rings. The van der Waals surface area contributed by atoms with E-state index in [9.17, 15) is 0 Å². The maximum Gasteiger partial charge on any atom is 0.0467 e. The fraction of sp³-hybridized carbons (Fsp3) is 0.500. The van der Waals surface area contributed by atoms with Crippen molar-refractivity contribution in [3.8, 4) is 0 Å². The lowest BCUT2D eigenvalue weighted by atomic mass is 10.1. The van der Waals surface area contributed by atoms with Crippen LogP contribution in [0.5, 0.6) is 0 Å². The van der Waals surface area contributed by atoms with Crippen LogP contribution in [-0.2, 0) is 6.42 Å². The third-order valence-electron chi connectivity index (χ3n) is 3.08. The molecule has 1 nitrogen and oxygen atoms in total. The molecule has 1 atom stereocenters. The quantitative estimate of drug-likeness (QED) is 0.738. The van der Waals surface area contributed by atoms with Gasteiger partial charge in [-0.15, -0.1) is 23.2 Å². The molecule has 15 heavy (non-hydrogen) atoms. The molecular formula is C12H15Cl2N. The number of halogens is 2. The van der Waals surface area contributed by atoms with Crippen LogP contribution < -0.4 is 4.90 Å². The van der Waals surface area contributed by atoms with Gasteiger partial charge in [0.15, 0.2) is 0 Å². The molecule has 1 unspecified atom stereocenters. The first-order valence-corrected chi connectivity index (χ1v) is 6.32. The van der Waals surface area contributed by atoms with Crippen molar-refractivity contribution in [3.63, 3.8) is 0 Å². The van der Waals surface area contributed by atoms with Gasteiger partial charge in [-0.3, -0.25) is 0 Å². The van der Waals surface area contributed by atoms with E-state index < -0.39 is 0 Å². The monoisotopic (exact) mass is 243 g/mol. The molecule has 1 aliphatic heterocycles. The molecule has 1 aromatic carbocycles. The third-order valence-corrected chi connectivity index (χ3v) is 3.60. The van der Waals surface area contributed by atoms with Crippen LogP contribution in [0.25, 0.3) is 0 Å². The Morgan fingerprint density at radius 2 is 2.20 bits per heavy atom. The fourth-order valence-corrected chi connectivity index (χ4v) is 2.75. The summed E-state index contributed by atoms with van der Waals surface area (Å²) in [5.74, 6) is 1.33. The summed E-state index contributed by atoms with van der Waals surface area (Å²) >= 11 is 11.8. The highest BCUT2D eigenvalue weighted by atomic mass is 35.5. The van der Waals surface area contributed by atoms with Gasteiger partial charge in [0.05, 0.1) is 0 Å². The summed E-state index contributed by atoms with van der Waals surface area (Å²) in [6, 6.07) is 6.85. The van der Waals surface area contributed by atoms with Crippen molar-refractivity contribution in [3.05, 3.63) is 29.3 Å². The van der Waals surface area contributed by atoms with Crippen LogP contribution in [0.1, 0.15) is 11.1 Å². The number of anilines is 1. The first kappa shape index (κ1) is 11.1.